The maximum absolute atomic E-state index is 12.7. The topological polar surface area (TPSA) is 98.4 Å². The van der Waals surface area contributed by atoms with Crippen LogP contribution in [0.2, 0.25) is 0 Å². The van der Waals surface area contributed by atoms with Gasteiger partial charge in [0.1, 0.15) is 17.2 Å². The standard InChI is InChI=1S/C18H15BrF2N4O4/c1-25-15(17(27)22-8-11-3-2-6-28-11)13(9-23-25)24-16(26)12-7-10(19)4-5-14(12)29-18(20)21/h2-7,9,18H,8H2,1H3,(H,22,27)(H,24,26). The number of anilines is 1. The molecule has 0 aliphatic heterocycles. The molecule has 1 aromatic carbocycles. The molecule has 29 heavy (non-hydrogen) atoms. The lowest BCUT2D eigenvalue weighted by Gasteiger charge is -2.12. The lowest BCUT2D eigenvalue weighted by atomic mass is 10.2. The summed E-state index contributed by atoms with van der Waals surface area (Å²) >= 11 is 3.18. The van der Waals surface area contributed by atoms with Crippen LogP contribution in [0.15, 0.2) is 51.7 Å². The Bertz CT molecular complexity index is 1020. The van der Waals surface area contributed by atoms with Gasteiger partial charge < -0.3 is 19.8 Å². The number of aryl methyl sites for hydroxylation is 1. The molecule has 0 aliphatic carbocycles. The third kappa shape index (κ3) is 4.99. The van der Waals surface area contributed by atoms with Gasteiger partial charge in [-0.15, -0.1) is 0 Å². The van der Waals surface area contributed by atoms with Gasteiger partial charge in [-0.05, 0) is 30.3 Å². The van der Waals surface area contributed by atoms with Crippen molar-refractivity contribution in [3.63, 3.8) is 0 Å². The number of carbonyl (C=O) groups is 2. The van der Waals surface area contributed by atoms with Crippen molar-refractivity contribution in [2.45, 2.75) is 13.2 Å². The normalized spacial score (nSPS) is 10.8. The second-order valence-corrected chi connectivity index (χ2v) is 6.68. The molecule has 3 rings (SSSR count). The minimum Gasteiger partial charge on any atom is -0.467 e. The Labute approximate surface area is 172 Å². The fourth-order valence-electron chi connectivity index (χ4n) is 2.53. The molecule has 0 unspecified atom stereocenters. The van der Waals surface area contributed by atoms with E-state index in [1.807, 2.05) is 0 Å². The molecule has 0 saturated carbocycles. The zero-order chi connectivity index (χ0) is 21.0. The molecule has 0 aliphatic rings. The van der Waals surface area contributed by atoms with Crippen LogP contribution in [0.4, 0.5) is 14.5 Å². The Morgan fingerprint density at radius 3 is 2.79 bits per heavy atom. The van der Waals surface area contributed by atoms with Gasteiger partial charge in [-0.25, -0.2) is 0 Å². The van der Waals surface area contributed by atoms with E-state index in [-0.39, 0.29) is 29.2 Å². The second kappa shape index (κ2) is 8.86. The summed E-state index contributed by atoms with van der Waals surface area (Å²) in [6.07, 6.45) is 2.76. The number of nitrogens with one attached hydrogen (secondary N) is 2. The summed E-state index contributed by atoms with van der Waals surface area (Å²) in [6.45, 7) is -2.95. The number of rotatable bonds is 7. The molecule has 0 fully saturated rings. The number of amides is 2. The molecule has 0 saturated heterocycles. The molecular weight excluding hydrogens is 454 g/mol. The molecule has 2 amide bonds. The highest BCUT2D eigenvalue weighted by atomic mass is 79.9. The molecule has 0 radical (unpaired) electrons. The summed E-state index contributed by atoms with van der Waals surface area (Å²) < 4.78 is 36.6. The number of halogens is 3. The van der Waals surface area contributed by atoms with Crippen LogP contribution in [0.25, 0.3) is 0 Å². The molecular formula is C18H15BrF2N4O4. The van der Waals surface area contributed by atoms with Crippen molar-refractivity contribution in [1.29, 1.82) is 0 Å². The number of hydrogen-bond donors (Lipinski definition) is 2. The van der Waals surface area contributed by atoms with Gasteiger partial charge in [-0.2, -0.15) is 13.9 Å². The molecule has 8 nitrogen and oxygen atoms in total. The predicted molar refractivity (Wildman–Crippen MR) is 102 cm³/mol. The largest absolute Gasteiger partial charge is 0.467 e. The molecule has 152 valence electrons. The minimum absolute atomic E-state index is 0.0798. The van der Waals surface area contributed by atoms with Crippen molar-refractivity contribution in [2.75, 3.05) is 5.32 Å². The number of carbonyl (C=O) groups excluding carboxylic acids is 2. The second-order valence-electron chi connectivity index (χ2n) is 5.77. The zero-order valence-corrected chi connectivity index (χ0v) is 16.6. The van der Waals surface area contributed by atoms with Gasteiger partial charge in [-0.3, -0.25) is 14.3 Å². The van der Waals surface area contributed by atoms with E-state index in [9.17, 15) is 18.4 Å². The van der Waals surface area contributed by atoms with Crippen LogP contribution in [-0.2, 0) is 13.6 Å². The van der Waals surface area contributed by atoms with Crippen LogP contribution < -0.4 is 15.4 Å². The molecule has 0 spiro atoms. The summed E-state index contributed by atoms with van der Waals surface area (Å²) in [5, 5.41) is 9.14. The zero-order valence-electron chi connectivity index (χ0n) is 15.0. The molecule has 0 bridgehead atoms. The first-order chi connectivity index (χ1) is 13.8. The first-order valence-corrected chi connectivity index (χ1v) is 9.02. The molecule has 11 heteroatoms. The molecule has 2 aromatic heterocycles. The summed E-state index contributed by atoms with van der Waals surface area (Å²) in [6, 6.07) is 7.43. The van der Waals surface area contributed by atoms with E-state index in [0.29, 0.717) is 10.2 Å². The van der Waals surface area contributed by atoms with E-state index >= 15 is 0 Å². The van der Waals surface area contributed by atoms with E-state index in [2.05, 4.69) is 36.4 Å². The van der Waals surface area contributed by atoms with E-state index < -0.39 is 18.4 Å². The van der Waals surface area contributed by atoms with Crippen LogP contribution >= 0.6 is 15.9 Å². The van der Waals surface area contributed by atoms with Gasteiger partial charge in [0.25, 0.3) is 11.8 Å². The third-order valence-corrected chi connectivity index (χ3v) is 4.30. The van der Waals surface area contributed by atoms with Crippen LogP contribution in [0.3, 0.4) is 0 Å². The summed E-state index contributed by atoms with van der Waals surface area (Å²) in [4.78, 5) is 25.2. The Morgan fingerprint density at radius 1 is 1.31 bits per heavy atom. The van der Waals surface area contributed by atoms with Crippen LogP contribution in [-0.4, -0.2) is 28.2 Å². The van der Waals surface area contributed by atoms with Gasteiger partial charge in [0.2, 0.25) is 0 Å². The maximum atomic E-state index is 12.7. The van der Waals surface area contributed by atoms with Gasteiger partial charge in [-0.1, -0.05) is 15.9 Å². The number of benzene rings is 1. The Balaban J connectivity index is 1.80. The fraction of sp³-hybridized carbons (Fsp3) is 0.167. The van der Waals surface area contributed by atoms with Crippen molar-refractivity contribution >= 4 is 33.4 Å². The number of furan rings is 1. The van der Waals surface area contributed by atoms with Crippen molar-refractivity contribution in [1.82, 2.24) is 15.1 Å². The van der Waals surface area contributed by atoms with E-state index in [4.69, 9.17) is 4.42 Å². The first-order valence-electron chi connectivity index (χ1n) is 8.23. The Morgan fingerprint density at radius 2 is 2.10 bits per heavy atom. The fourth-order valence-corrected chi connectivity index (χ4v) is 2.89. The lowest BCUT2D eigenvalue weighted by Crippen LogP contribution is -2.26. The van der Waals surface area contributed by atoms with Gasteiger partial charge in [0.05, 0.1) is 30.3 Å². The predicted octanol–water partition coefficient (Wildman–Crippen LogP) is 3.56. The Hall–Kier alpha value is -3.21. The van der Waals surface area contributed by atoms with Crippen molar-refractivity contribution in [2.24, 2.45) is 7.05 Å². The number of aromatic nitrogens is 2. The Kier molecular flexibility index (Phi) is 6.27. The van der Waals surface area contributed by atoms with E-state index in [1.54, 1.807) is 12.1 Å². The molecule has 2 heterocycles. The highest BCUT2D eigenvalue weighted by molar-refractivity contribution is 9.10. The monoisotopic (exact) mass is 468 g/mol. The highest BCUT2D eigenvalue weighted by Gasteiger charge is 2.22. The number of hydrogen-bond acceptors (Lipinski definition) is 5. The third-order valence-electron chi connectivity index (χ3n) is 3.81. The van der Waals surface area contributed by atoms with Gasteiger partial charge in [0.15, 0.2) is 0 Å². The van der Waals surface area contributed by atoms with Crippen molar-refractivity contribution < 1.29 is 27.5 Å². The smallest absolute Gasteiger partial charge is 0.387 e. The molecule has 0 atom stereocenters. The summed E-state index contributed by atoms with van der Waals surface area (Å²) in [5.41, 5.74) is 0.0547. The number of ether oxygens (including phenoxy) is 1. The number of alkyl halides is 2. The quantitative estimate of drug-likeness (QED) is 0.552. The highest BCUT2D eigenvalue weighted by Crippen LogP contribution is 2.26. The van der Waals surface area contributed by atoms with Crippen molar-refractivity contribution in [3.8, 4) is 5.75 Å². The SMILES string of the molecule is Cn1ncc(NC(=O)c2cc(Br)ccc2OC(F)F)c1C(=O)NCc1ccco1. The lowest BCUT2D eigenvalue weighted by molar-refractivity contribution is -0.0501. The number of nitrogens with zero attached hydrogens (tertiary/aromatic N) is 2. The molecule has 2 N–H and O–H groups in total. The van der Waals surface area contributed by atoms with Gasteiger partial charge in [0, 0.05) is 11.5 Å². The summed E-state index contributed by atoms with van der Waals surface area (Å²) in [7, 11) is 1.53. The van der Waals surface area contributed by atoms with Crippen LogP contribution in [0, 0.1) is 0 Å². The van der Waals surface area contributed by atoms with Gasteiger partial charge >= 0.3 is 6.61 Å². The van der Waals surface area contributed by atoms with Crippen LogP contribution in [0.1, 0.15) is 26.6 Å². The summed E-state index contributed by atoms with van der Waals surface area (Å²) in [5.74, 6) is -0.993. The average Bonchev–Trinajstić information content (AvgIpc) is 3.31. The van der Waals surface area contributed by atoms with Crippen LogP contribution in [0.5, 0.6) is 5.75 Å². The minimum atomic E-state index is -3.09. The maximum Gasteiger partial charge on any atom is 0.387 e. The first kappa shape index (κ1) is 20.5. The van der Waals surface area contributed by atoms with Crippen molar-refractivity contribution in [3.05, 3.63) is 64.3 Å². The average molecular weight is 469 g/mol. The molecule has 3 aromatic rings. The van der Waals surface area contributed by atoms with E-state index in [0.717, 1.165) is 0 Å². The van der Waals surface area contributed by atoms with E-state index in [1.165, 1.54) is 42.4 Å².